The molecule has 2 aliphatic rings. The van der Waals surface area contributed by atoms with Crippen LogP contribution in [0, 0.1) is 5.92 Å². The van der Waals surface area contributed by atoms with Gasteiger partial charge in [-0.15, -0.1) is 11.3 Å². The Hall–Kier alpha value is -4.67. The van der Waals surface area contributed by atoms with Crippen LogP contribution in [0.5, 0.6) is 5.75 Å². The minimum Gasteiger partial charge on any atom is -0.492 e. The summed E-state index contributed by atoms with van der Waals surface area (Å²) in [6, 6.07) is 11.7. The number of guanidine groups is 1. The number of carboxylic acids is 1. The Balaban J connectivity index is 1.33. The number of likely N-dealkylation sites (tertiary alicyclic amines) is 1. The van der Waals surface area contributed by atoms with Gasteiger partial charge < -0.3 is 31.9 Å². The van der Waals surface area contributed by atoms with E-state index in [-0.39, 0.29) is 52.0 Å². The Morgan fingerprint density at radius 1 is 1.12 bits per heavy atom. The molecule has 1 aromatic heterocycles. The lowest BCUT2D eigenvalue weighted by Crippen LogP contribution is -2.40. The number of thiophene rings is 1. The third-order valence-electron chi connectivity index (χ3n) is 8.57. The van der Waals surface area contributed by atoms with Crippen LogP contribution >= 0.6 is 11.3 Å². The summed E-state index contributed by atoms with van der Waals surface area (Å²) in [5.74, 6) is -1.71. The molecule has 2 amide bonds. The minimum absolute atomic E-state index is 0.0137. The monoisotopic (exact) mass is 711 g/mol. The number of rotatable bonds is 14. The molecule has 0 aliphatic carbocycles. The largest absolute Gasteiger partial charge is 0.492 e. The van der Waals surface area contributed by atoms with Crippen LogP contribution in [0.3, 0.4) is 0 Å². The normalized spacial score (nSPS) is 15.4. The van der Waals surface area contributed by atoms with Gasteiger partial charge in [-0.05, 0) is 90.7 Å². The van der Waals surface area contributed by atoms with E-state index in [4.69, 9.17) is 16.2 Å². The van der Waals surface area contributed by atoms with Crippen LogP contribution in [0.2, 0.25) is 0 Å². The van der Waals surface area contributed by atoms with E-state index in [1.807, 2.05) is 30.3 Å². The molecule has 0 bridgehead atoms. The van der Waals surface area contributed by atoms with E-state index in [1.54, 1.807) is 18.5 Å². The number of nitrogens with one attached hydrogen (secondary N) is 3. The standard InChI is InChI=1S/C33H41N7O7S2/c1-36-30(41)21-7-12-40(13-8-21)19-20-4-2-5-22(16-20)24-17-23-9-14-47-28(23)27(18-24)49(45,46)39-25-10-15-48-29(25)31(42)38-26(32(43)44)6-3-11-37-33(34)35/h2,4-5,10,15-18,21,26,39H,3,6-9,11-14,19H2,1H3,(H,36,41)(H,38,42)(H,43,44)(H4,34,35,37)/t26-/m0/s1. The van der Waals surface area contributed by atoms with Crippen LogP contribution in [0.25, 0.3) is 11.1 Å². The van der Waals surface area contributed by atoms with Gasteiger partial charge in [-0.3, -0.25) is 24.2 Å². The first-order valence-electron chi connectivity index (χ1n) is 16.0. The van der Waals surface area contributed by atoms with Crippen molar-refractivity contribution in [3.63, 3.8) is 0 Å². The molecule has 1 atom stereocenters. The highest BCUT2D eigenvalue weighted by atomic mass is 32.2. The van der Waals surface area contributed by atoms with Gasteiger partial charge in [0.15, 0.2) is 5.96 Å². The number of aliphatic imine (C=N–C) groups is 1. The molecule has 5 rings (SSSR count). The zero-order valence-corrected chi connectivity index (χ0v) is 28.7. The van der Waals surface area contributed by atoms with E-state index in [0.717, 1.165) is 54.0 Å². The van der Waals surface area contributed by atoms with Crippen LogP contribution in [0.4, 0.5) is 5.69 Å². The molecule has 1 fully saturated rings. The second kappa shape index (κ2) is 15.7. The summed E-state index contributed by atoms with van der Waals surface area (Å²) in [5.41, 5.74) is 14.0. The number of piperidine rings is 1. The number of aliphatic carboxylic acids is 1. The number of sulfonamides is 1. The predicted octanol–water partition coefficient (Wildman–Crippen LogP) is 2.35. The second-order valence-electron chi connectivity index (χ2n) is 12.0. The van der Waals surface area contributed by atoms with Crippen molar-refractivity contribution in [3.05, 3.63) is 63.8 Å². The molecule has 3 aromatic rings. The number of hydrogen-bond donors (Lipinski definition) is 6. The molecule has 0 spiro atoms. The smallest absolute Gasteiger partial charge is 0.326 e. The maximum atomic E-state index is 13.9. The van der Waals surface area contributed by atoms with Crippen LogP contribution in [-0.2, 0) is 32.6 Å². The highest BCUT2D eigenvalue weighted by Crippen LogP contribution is 2.39. The average molecular weight is 712 g/mol. The van der Waals surface area contributed by atoms with Gasteiger partial charge in [0.1, 0.15) is 21.6 Å². The fourth-order valence-electron chi connectivity index (χ4n) is 6.05. The summed E-state index contributed by atoms with van der Waals surface area (Å²) in [4.78, 5) is 43.1. The summed E-state index contributed by atoms with van der Waals surface area (Å²) >= 11 is 0.981. The number of benzene rings is 2. The number of anilines is 1. The van der Waals surface area contributed by atoms with Gasteiger partial charge >= 0.3 is 5.97 Å². The van der Waals surface area contributed by atoms with Crippen molar-refractivity contribution < 1.29 is 32.6 Å². The highest BCUT2D eigenvalue weighted by Gasteiger charge is 2.30. The number of carboxylic acid groups (broad SMARTS) is 1. The second-order valence-corrected chi connectivity index (χ2v) is 14.6. The lowest BCUT2D eigenvalue weighted by atomic mass is 9.95. The van der Waals surface area contributed by atoms with Gasteiger partial charge in [0.2, 0.25) is 5.91 Å². The lowest BCUT2D eigenvalue weighted by molar-refractivity contribution is -0.139. The van der Waals surface area contributed by atoms with Crippen molar-refractivity contribution in [2.24, 2.45) is 22.4 Å². The van der Waals surface area contributed by atoms with Crippen LogP contribution < -0.4 is 31.6 Å². The molecule has 262 valence electrons. The molecular weight excluding hydrogens is 671 g/mol. The summed E-state index contributed by atoms with van der Waals surface area (Å²) in [7, 11) is -2.59. The zero-order valence-electron chi connectivity index (χ0n) is 27.1. The molecule has 49 heavy (non-hydrogen) atoms. The van der Waals surface area contributed by atoms with E-state index >= 15 is 0 Å². The Bertz CT molecular complexity index is 1830. The zero-order chi connectivity index (χ0) is 35.1. The minimum atomic E-state index is -4.26. The topological polar surface area (TPSA) is 219 Å². The third kappa shape index (κ3) is 8.87. The van der Waals surface area contributed by atoms with Crippen molar-refractivity contribution in [2.45, 2.75) is 49.6 Å². The SMILES string of the molecule is CNC(=O)C1CCN(Cc2cccc(-c3cc4c(c(S(=O)(=O)Nc5ccsc5C(=O)N[C@@H](CCCN=C(N)N)C(=O)O)c3)OCC4)c2)CC1. The molecular formula is C33H41N7O7S2. The van der Waals surface area contributed by atoms with Crippen LogP contribution in [0.15, 0.2) is 57.7 Å². The quantitative estimate of drug-likeness (QED) is 0.0815. The number of carbonyl (C=O) groups excluding carboxylic acids is 2. The molecule has 2 aromatic carbocycles. The number of ether oxygens (including phenoxy) is 1. The first-order chi connectivity index (χ1) is 23.4. The highest BCUT2D eigenvalue weighted by molar-refractivity contribution is 7.92. The van der Waals surface area contributed by atoms with Gasteiger partial charge in [0, 0.05) is 32.5 Å². The third-order valence-corrected chi connectivity index (χ3v) is 10.9. The van der Waals surface area contributed by atoms with Crippen LogP contribution in [0.1, 0.15) is 46.5 Å². The number of amides is 2. The van der Waals surface area contributed by atoms with Gasteiger partial charge in [0.25, 0.3) is 15.9 Å². The van der Waals surface area contributed by atoms with Gasteiger partial charge in [-0.25, -0.2) is 13.2 Å². The maximum Gasteiger partial charge on any atom is 0.326 e. The number of fused-ring (bicyclic) bond motifs is 1. The van der Waals surface area contributed by atoms with Crippen molar-refractivity contribution in [2.75, 3.05) is 38.0 Å². The summed E-state index contributed by atoms with van der Waals surface area (Å²) in [6.45, 7) is 2.86. The molecule has 0 radical (unpaired) electrons. The molecule has 0 unspecified atom stereocenters. The van der Waals surface area contributed by atoms with Gasteiger partial charge in [0.05, 0.1) is 12.3 Å². The lowest BCUT2D eigenvalue weighted by Gasteiger charge is -2.31. The van der Waals surface area contributed by atoms with Gasteiger partial charge in [-0.2, -0.15) is 0 Å². The van der Waals surface area contributed by atoms with Gasteiger partial charge in [-0.1, -0.05) is 18.2 Å². The van der Waals surface area contributed by atoms with E-state index in [2.05, 4.69) is 25.2 Å². The number of nitrogens with zero attached hydrogens (tertiary/aromatic N) is 2. The van der Waals surface area contributed by atoms with Crippen LogP contribution in [-0.4, -0.2) is 81.5 Å². The van der Waals surface area contributed by atoms with E-state index in [9.17, 15) is 27.9 Å². The summed E-state index contributed by atoms with van der Waals surface area (Å²) in [6.07, 6.45) is 2.51. The Morgan fingerprint density at radius 2 is 1.90 bits per heavy atom. The van der Waals surface area contributed by atoms with Crippen molar-refractivity contribution in [1.82, 2.24) is 15.5 Å². The van der Waals surface area contributed by atoms with Crippen molar-refractivity contribution in [1.29, 1.82) is 0 Å². The van der Waals surface area contributed by atoms with E-state index in [1.165, 1.54) is 6.07 Å². The van der Waals surface area contributed by atoms with Crippen molar-refractivity contribution >= 4 is 50.8 Å². The summed E-state index contributed by atoms with van der Waals surface area (Å²) < 4.78 is 36.2. The molecule has 1 saturated heterocycles. The van der Waals surface area contributed by atoms with E-state index < -0.39 is 27.9 Å². The molecule has 14 nitrogen and oxygen atoms in total. The Labute approximate surface area is 289 Å². The fourth-order valence-corrected chi connectivity index (χ4v) is 8.16. The maximum absolute atomic E-state index is 13.9. The first kappa shape index (κ1) is 35.6. The summed E-state index contributed by atoms with van der Waals surface area (Å²) in [5, 5.41) is 16.4. The average Bonchev–Trinajstić information content (AvgIpc) is 3.75. The molecule has 3 heterocycles. The number of hydrogen-bond acceptors (Lipinski definition) is 9. The fraction of sp³-hybridized carbons (Fsp3) is 0.394. The number of carbonyl (C=O) groups is 3. The number of nitrogens with two attached hydrogens (primary N) is 2. The Morgan fingerprint density at radius 3 is 2.61 bits per heavy atom. The predicted molar refractivity (Wildman–Crippen MR) is 187 cm³/mol. The molecule has 2 aliphatic heterocycles. The van der Waals surface area contributed by atoms with Crippen molar-refractivity contribution in [3.8, 4) is 16.9 Å². The molecule has 8 N–H and O–H groups in total. The molecule has 0 saturated carbocycles. The van der Waals surface area contributed by atoms with E-state index in [0.29, 0.717) is 31.6 Å². The Kier molecular flexibility index (Phi) is 11.4. The molecule has 16 heteroatoms. The first-order valence-corrected chi connectivity index (χ1v) is 18.3.